The van der Waals surface area contributed by atoms with Gasteiger partial charge >= 0.3 is 0 Å². The van der Waals surface area contributed by atoms with Crippen molar-refractivity contribution in [2.45, 2.75) is 32.9 Å². The van der Waals surface area contributed by atoms with Crippen molar-refractivity contribution >= 4 is 0 Å². The van der Waals surface area contributed by atoms with Crippen molar-refractivity contribution in [3.05, 3.63) is 12.7 Å². The lowest BCUT2D eigenvalue weighted by atomic mass is 10.3. The summed E-state index contributed by atoms with van der Waals surface area (Å²) in [5.74, 6) is 0. The quantitative estimate of drug-likeness (QED) is 0.605. The number of hydrogen-bond acceptors (Lipinski definition) is 3. The monoisotopic (exact) mass is 169 g/mol. The zero-order valence-corrected chi connectivity index (χ0v) is 7.44. The van der Waals surface area contributed by atoms with E-state index in [1.54, 1.807) is 11.0 Å². The maximum absolute atomic E-state index is 5.34. The lowest BCUT2D eigenvalue weighted by molar-refractivity contribution is 0.0659. The Bertz CT molecular complexity index is 186. The second-order valence-electron chi connectivity index (χ2n) is 2.68. The zero-order chi connectivity index (χ0) is 8.65. The SMILES string of the molecule is CCCCCOCn1cncn1. The highest BCUT2D eigenvalue weighted by Crippen LogP contribution is 1.94. The van der Waals surface area contributed by atoms with E-state index in [-0.39, 0.29) is 0 Å². The standard InChI is InChI=1S/C8H15N3O/c1-2-3-4-5-12-8-11-7-9-6-10-11/h6-7H,2-5,8H2,1H3. The van der Waals surface area contributed by atoms with Crippen molar-refractivity contribution in [2.24, 2.45) is 0 Å². The van der Waals surface area contributed by atoms with E-state index < -0.39 is 0 Å². The van der Waals surface area contributed by atoms with Gasteiger partial charge in [0.05, 0.1) is 0 Å². The Balaban J connectivity index is 1.96. The number of aromatic nitrogens is 3. The van der Waals surface area contributed by atoms with Crippen molar-refractivity contribution in [3.63, 3.8) is 0 Å². The predicted molar refractivity (Wildman–Crippen MR) is 45.5 cm³/mol. The molecule has 68 valence electrons. The van der Waals surface area contributed by atoms with Gasteiger partial charge in [0.25, 0.3) is 0 Å². The van der Waals surface area contributed by atoms with Crippen molar-refractivity contribution in [3.8, 4) is 0 Å². The Morgan fingerprint density at radius 2 is 2.33 bits per heavy atom. The Kier molecular flexibility index (Phi) is 4.37. The van der Waals surface area contributed by atoms with Gasteiger partial charge in [-0.1, -0.05) is 19.8 Å². The summed E-state index contributed by atoms with van der Waals surface area (Å²) in [7, 11) is 0. The van der Waals surface area contributed by atoms with Crippen molar-refractivity contribution in [1.29, 1.82) is 0 Å². The highest BCUT2D eigenvalue weighted by Gasteiger charge is 1.90. The van der Waals surface area contributed by atoms with Gasteiger partial charge in [0.2, 0.25) is 0 Å². The molecule has 0 amide bonds. The first-order valence-electron chi connectivity index (χ1n) is 4.33. The molecule has 0 aliphatic rings. The highest BCUT2D eigenvalue weighted by atomic mass is 16.5. The van der Waals surface area contributed by atoms with Crippen molar-refractivity contribution < 1.29 is 4.74 Å². The van der Waals surface area contributed by atoms with E-state index >= 15 is 0 Å². The average molecular weight is 169 g/mol. The zero-order valence-electron chi connectivity index (χ0n) is 7.44. The lowest BCUT2D eigenvalue weighted by Crippen LogP contribution is -2.03. The predicted octanol–water partition coefficient (Wildman–Crippen LogP) is 1.44. The smallest absolute Gasteiger partial charge is 0.141 e. The van der Waals surface area contributed by atoms with Crippen LogP contribution < -0.4 is 0 Å². The van der Waals surface area contributed by atoms with Crippen LogP contribution in [-0.4, -0.2) is 21.4 Å². The molecule has 0 unspecified atom stereocenters. The van der Waals surface area contributed by atoms with E-state index in [9.17, 15) is 0 Å². The number of ether oxygens (including phenoxy) is 1. The Morgan fingerprint density at radius 1 is 1.42 bits per heavy atom. The lowest BCUT2D eigenvalue weighted by Gasteiger charge is -2.02. The molecule has 0 fully saturated rings. The molecule has 0 aromatic carbocycles. The molecule has 1 aromatic rings. The number of nitrogens with zero attached hydrogens (tertiary/aromatic N) is 3. The molecule has 1 rings (SSSR count). The van der Waals surface area contributed by atoms with Crippen LogP contribution in [0.25, 0.3) is 0 Å². The van der Waals surface area contributed by atoms with Crippen LogP contribution in [0.4, 0.5) is 0 Å². The van der Waals surface area contributed by atoms with E-state index in [1.807, 2.05) is 0 Å². The van der Waals surface area contributed by atoms with Gasteiger partial charge in [-0.3, -0.25) is 0 Å². The molecule has 4 nitrogen and oxygen atoms in total. The van der Waals surface area contributed by atoms with Crippen LogP contribution in [0.1, 0.15) is 26.2 Å². The van der Waals surface area contributed by atoms with E-state index in [2.05, 4.69) is 17.0 Å². The third kappa shape index (κ3) is 3.48. The molecule has 0 saturated carbocycles. The van der Waals surface area contributed by atoms with Crippen molar-refractivity contribution in [2.75, 3.05) is 6.61 Å². The summed E-state index contributed by atoms with van der Waals surface area (Å²) < 4.78 is 7.01. The minimum Gasteiger partial charge on any atom is -0.359 e. The van der Waals surface area contributed by atoms with E-state index in [1.165, 1.54) is 19.2 Å². The summed E-state index contributed by atoms with van der Waals surface area (Å²) in [6, 6.07) is 0. The molecular formula is C8H15N3O. The molecule has 0 aliphatic heterocycles. The molecule has 4 heteroatoms. The first kappa shape index (κ1) is 9.19. The first-order chi connectivity index (χ1) is 5.93. The Hall–Kier alpha value is -0.900. The Morgan fingerprint density at radius 3 is 3.00 bits per heavy atom. The fourth-order valence-electron chi connectivity index (χ4n) is 0.912. The van der Waals surface area contributed by atoms with Crippen LogP contribution in [0, 0.1) is 0 Å². The molecule has 0 spiro atoms. The topological polar surface area (TPSA) is 39.9 Å². The summed E-state index contributed by atoms with van der Waals surface area (Å²) in [6.45, 7) is 3.51. The molecular weight excluding hydrogens is 154 g/mol. The van der Waals surface area contributed by atoms with Crippen LogP contribution in [0.15, 0.2) is 12.7 Å². The van der Waals surface area contributed by atoms with Crippen LogP contribution in [0.3, 0.4) is 0 Å². The molecule has 0 N–H and O–H groups in total. The van der Waals surface area contributed by atoms with Gasteiger partial charge in [0.15, 0.2) is 0 Å². The minimum absolute atomic E-state index is 0.518. The summed E-state index contributed by atoms with van der Waals surface area (Å²) >= 11 is 0. The fraction of sp³-hybridized carbons (Fsp3) is 0.750. The third-order valence-corrected chi connectivity index (χ3v) is 1.58. The average Bonchev–Trinajstić information content (AvgIpc) is 2.57. The van der Waals surface area contributed by atoms with Gasteiger partial charge < -0.3 is 4.74 Å². The number of hydrogen-bond donors (Lipinski definition) is 0. The van der Waals surface area contributed by atoms with E-state index in [0.717, 1.165) is 13.0 Å². The number of rotatable bonds is 6. The Labute approximate surface area is 72.6 Å². The second kappa shape index (κ2) is 5.71. The largest absolute Gasteiger partial charge is 0.359 e. The van der Waals surface area contributed by atoms with Gasteiger partial charge in [0, 0.05) is 6.61 Å². The van der Waals surface area contributed by atoms with Gasteiger partial charge in [0.1, 0.15) is 19.4 Å². The molecule has 0 bridgehead atoms. The normalized spacial score (nSPS) is 10.4. The van der Waals surface area contributed by atoms with E-state index in [4.69, 9.17) is 4.74 Å². The summed E-state index contributed by atoms with van der Waals surface area (Å²) in [6.07, 6.45) is 6.75. The molecule has 0 atom stereocenters. The molecule has 12 heavy (non-hydrogen) atoms. The molecule has 1 aromatic heterocycles. The van der Waals surface area contributed by atoms with Gasteiger partial charge in [-0.2, -0.15) is 5.10 Å². The molecule has 0 saturated heterocycles. The van der Waals surface area contributed by atoms with Crippen LogP contribution >= 0.6 is 0 Å². The fourth-order valence-corrected chi connectivity index (χ4v) is 0.912. The maximum Gasteiger partial charge on any atom is 0.141 e. The van der Waals surface area contributed by atoms with Gasteiger partial charge in [-0.25, -0.2) is 9.67 Å². The highest BCUT2D eigenvalue weighted by molar-refractivity contribution is 4.52. The van der Waals surface area contributed by atoms with Crippen molar-refractivity contribution in [1.82, 2.24) is 14.8 Å². The van der Waals surface area contributed by atoms with Crippen LogP contribution in [-0.2, 0) is 11.5 Å². The van der Waals surface area contributed by atoms with E-state index in [0.29, 0.717) is 6.73 Å². The first-order valence-corrected chi connectivity index (χ1v) is 4.33. The summed E-state index contributed by atoms with van der Waals surface area (Å²) in [5, 5.41) is 3.91. The number of unbranched alkanes of at least 4 members (excludes halogenated alkanes) is 2. The summed E-state index contributed by atoms with van der Waals surface area (Å²) in [4.78, 5) is 3.81. The summed E-state index contributed by atoms with van der Waals surface area (Å²) in [5.41, 5.74) is 0. The van der Waals surface area contributed by atoms with Crippen LogP contribution in [0.2, 0.25) is 0 Å². The van der Waals surface area contributed by atoms with Gasteiger partial charge in [-0.15, -0.1) is 0 Å². The molecule has 0 aliphatic carbocycles. The van der Waals surface area contributed by atoms with Crippen LogP contribution in [0.5, 0.6) is 0 Å². The minimum atomic E-state index is 0.518. The maximum atomic E-state index is 5.34. The van der Waals surface area contributed by atoms with Gasteiger partial charge in [-0.05, 0) is 6.42 Å². The second-order valence-corrected chi connectivity index (χ2v) is 2.68. The third-order valence-electron chi connectivity index (χ3n) is 1.58. The molecule has 0 radical (unpaired) electrons. The molecule has 1 heterocycles.